The summed E-state index contributed by atoms with van der Waals surface area (Å²) in [5, 5.41) is 0. The number of aromatic nitrogens is 1. The number of nitrogens with zero attached hydrogens (tertiary/aromatic N) is 1. The van der Waals surface area contributed by atoms with Gasteiger partial charge < -0.3 is 5.73 Å². The molecular formula is C10H15N2. The summed E-state index contributed by atoms with van der Waals surface area (Å²) in [5.74, 6) is 1.97. The van der Waals surface area contributed by atoms with E-state index in [4.69, 9.17) is 5.73 Å². The van der Waals surface area contributed by atoms with Gasteiger partial charge in [-0.3, -0.25) is 0 Å². The van der Waals surface area contributed by atoms with Gasteiger partial charge in [0.15, 0.2) is 0 Å². The number of anilines is 1. The summed E-state index contributed by atoms with van der Waals surface area (Å²) >= 11 is 0. The van der Waals surface area contributed by atoms with Gasteiger partial charge in [-0.2, -0.15) is 0 Å². The van der Waals surface area contributed by atoms with Crippen molar-refractivity contribution in [2.45, 2.75) is 27.2 Å². The molecule has 0 atom stereocenters. The molecule has 1 rings (SSSR count). The van der Waals surface area contributed by atoms with Crippen molar-refractivity contribution in [3.63, 3.8) is 0 Å². The van der Waals surface area contributed by atoms with Crippen molar-refractivity contribution in [2.24, 2.45) is 0 Å². The van der Waals surface area contributed by atoms with E-state index < -0.39 is 0 Å². The maximum atomic E-state index is 5.58. The van der Waals surface area contributed by atoms with Crippen molar-refractivity contribution in [1.29, 1.82) is 0 Å². The number of hydrogen-bond donors (Lipinski definition) is 1. The molecule has 1 aromatic rings. The normalized spacial score (nSPS) is 10.7. The minimum Gasteiger partial charge on any atom is -0.384 e. The van der Waals surface area contributed by atoms with Crippen LogP contribution in [-0.4, -0.2) is 4.98 Å². The van der Waals surface area contributed by atoms with E-state index in [1.807, 2.05) is 12.1 Å². The summed E-state index contributed by atoms with van der Waals surface area (Å²) in [6, 6.07) is 3.85. The Kier molecular flexibility index (Phi) is 2.69. The van der Waals surface area contributed by atoms with Gasteiger partial charge in [-0.05, 0) is 30.9 Å². The average molecular weight is 163 g/mol. The molecule has 65 valence electrons. The molecule has 2 nitrogen and oxygen atoms in total. The lowest BCUT2D eigenvalue weighted by Gasteiger charge is -2.07. The molecule has 0 aromatic carbocycles. The van der Waals surface area contributed by atoms with E-state index in [2.05, 4.69) is 25.8 Å². The van der Waals surface area contributed by atoms with Gasteiger partial charge in [0.1, 0.15) is 5.82 Å². The van der Waals surface area contributed by atoms with Crippen LogP contribution < -0.4 is 5.73 Å². The molecule has 0 fully saturated rings. The summed E-state index contributed by atoms with van der Waals surface area (Å²) in [5.41, 5.74) is 7.89. The summed E-state index contributed by atoms with van der Waals surface area (Å²) in [6.07, 6.45) is 0.927. The number of pyridine rings is 1. The summed E-state index contributed by atoms with van der Waals surface area (Å²) in [6.45, 7) is 6.26. The third kappa shape index (κ3) is 2.22. The molecule has 0 saturated heterocycles. The second-order valence-electron chi connectivity index (χ2n) is 3.38. The molecule has 0 amide bonds. The Balaban J connectivity index is 2.90. The molecule has 0 bridgehead atoms. The molecule has 0 saturated carbocycles. The number of nitrogens with two attached hydrogens (primary N) is 1. The van der Waals surface area contributed by atoms with E-state index in [-0.39, 0.29) is 0 Å². The second kappa shape index (κ2) is 3.57. The summed E-state index contributed by atoms with van der Waals surface area (Å²) < 4.78 is 0. The zero-order valence-electron chi connectivity index (χ0n) is 7.89. The first-order chi connectivity index (χ1) is 5.59. The van der Waals surface area contributed by atoms with Gasteiger partial charge in [-0.15, -0.1) is 0 Å². The van der Waals surface area contributed by atoms with E-state index in [1.165, 1.54) is 11.5 Å². The van der Waals surface area contributed by atoms with Gasteiger partial charge in [0.05, 0.1) is 0 Å². The van der Waals surface area contributed by atoms with Gasteiger partial charge in [0, 0.05) is 5.69 Å². The van der Waals surface area contributed by atoms with Crippen LogP contribution in [0.25, 0.3) is 0 Å². The second-order valence-corrected chi connectivity index (χ2v) is 3.38. The number of rotatable bonds is 2. The summed E-state index contributed by atoms with van der Waals surface area (Å²) in [7, 11) is 0. The molecule has 1 heterocycles. The first kappa shape index (κ1) is 9.04. The highest BCUT2D eigenvalue weighted by molar-refractivity contribution is 5.34. The van der Waals surface area contributed by atoms with Crippen LogP contribution in [0.3, 0.4) is 0 Å². The fourth-order valence-electron chi connectivity index (χ4n) is 1.10. The van der Waals surface area contributed by atoms with Crippen LogP contribution in [0.4, 0.5) is 5.82 Å². The molecule has 1 radical (unpaired) electrons. The fourth-order valence-corrected chi connectivity index (χ4v) is 1.10. The Morgan fingerprint density at radius 3 is 2.67 bits per heavy atom. The Bertz CT molecular complexity index is 267. The van der Waals surface area contributed by atoms with E-state index in [0.29, 0.717) is 5.82 Å². The van der Waals surface area contributed by atoms with Crippen molar-refractivity contribution in [2.75, 3.05) is 5.73 Å². The lowest BCUT2D eigenvalue weighted by molar-refractivity contribution is 0.907. The monoisotopic (exact) mass is 163 g/mol. The van der Waals surface area contributed by atoms with E-state index in [0.717, 1.165) is 12.1 Å². The predicted octanol–water partition coefficient (Wildman–Crippen LogP) is 2.13. The van der Waals surface area contributed by atoms with Crippen molar-refractivity contribution >= 4 is 5.82 Å². The lowest BCUT2D eigenvalue weighted by atomic mass is 10.0. The molecule has 0 unspecified atom stereocenters. The molecule has 0 aliphatic heterocycles. The third-order valence-corrected chi connectivity index (χ3v) is 1.74. The Labute approximate surface area is 73.8 Å². The molecule has 0 aliphatic rings. The number of aryl methyl sites for hydroxylation is 1. The van der Waals surface area contributed by atoms with Gasteiger partial charge in [-0.25, -0.2) is 4.98 Å². The van der Waals surface area contributed by atoms with Crippen LogP contribution in [0.1, 0.15) is 25.1 Å². The van der Waals surface area contributed by atoms with Crippen LogP contribution in [-0.2, 0) is 6.42 Å². The maximum Gasteiger partial charge on any atom is 0.123 e. The van der Waals surface area contributed by atoms with Crippen LogP contribution in [0.15, 0.2) is 12.1 Å². The third-order valence-electron chi connectivity index (χ3n) is 1.74. The smallest absolute Gasteiger partial charge is 0.123 e. The predicted molar refractivity (Wildman–Crippen MR) is 51.7 cm³/mol. The van der Waals surface area contributed by atoms with E-state index in [9.17, 15) is 0 Å². The molecule has 0 aliphatic carbocycles. The zero-order valence-corrected chi connectivity index (χ0v) is 7.89. The van der Waals surface area contributed by atoms with Crippen LogP contribution >= 0.6 is 0 Å². The quantitative estimate of drug-likeness (QED) is 0.725. The molecule has 2 N–H and O–H groups in total. The first-order valence-electron chi connectivity index (χ1n) is 4.10. The molecule has 0 spiro atoms. The van der Waals surface area contributed by atoms with Crippen molar-refractivity contribution in [3.8, 4) is 0 Å². The molecular weight excluding hydrogens is 148 g/mol. The van der Waals surface area contributed by atoms with Crippen molar-refractivity contribution < 1.29 is 0 Å². The highest BCUT2D eigenvalue weighted by Crippen LogP contribution is 2.13. The number of hydrogen-bond acceptors (Lipinski definition) is 2. The van der Waals surface area contributed by atoms with Gasteiger partial charge in [0.25, 0.3) is 0 Å². The highest BCUT2D eigenvalue weighted by Gasteiger charge is 2.03. The lowest BCUT2D eigenvalue weighted by Crippen LogP contribution is -2.01. The zero-order chi connectivity index (χ0) is 9.14. The Morgan fingerprint density at radius 1 is 1.42 bits per heavy atom. The van der Waals surface area contributed by atoms with Crippen molar-refractivity contribution in [3.05, 3.63) is 29.3 Å². The highest BCUT2D eigenvalue weighted by atomic mass is 14.8. The molecule has 2 heteroatoms. The van der Waals surface area contributed by atoms with Crippen LogP contribution in [0, 0.1) is 12.8 Å². The van der Waals surface area contributed by atoms with Crippen LogP contribution in [0.2, 0.25) is 0 Å². The van der Waals surface area contributed by atoms with Crippen molar-refractivity contribution in [1.82, 2.24) is 4.98 Å². The van der Waals surface area contributed by atoms with Crippen LogP contribution in [0.5, 0.6) is 0 Å². The number of nitrogen functional groups attached to an aromatic ring is 1. The SMILES string of the molecule is C[C](C)Cc1nc(N)ccc1C. The minimum absolute atomic E-state index is 0.608. The van der Waals surface area contributed by atoms with Gasteiger partial charge in [0.2, 0.25) is 0 Å². The average Bonchev–Trinajstić information content (AvgIpc) is 1.96. The first-order valence-corrected chi connectivity index (χ1v) is 4.10. The standard InChI is InChI=1S/C10H15N2/c1-7(2)6-9-8(3)4-5-10(11)12-9/h4-5H,6H2,1-3H3,(H2,11,12). The maximum absolute atomic E-state index is 5.58. The van der Waals surface area contributed by atoms with E-state index in [1.54, 1.807) is 0 Å². The Morgan fingerprint density at radius 2 is 2.08 bits per heavy atom. The molecule has 1 aromatic heterocycles. The van der Waals surface area contributed by atoms with Gasteiger partial charge >= 0.3 is 0 Å². The van der Waals surface area contributed by atoms with Gasteiger partial charge in [-0.1, -0.05) is 19.9 Å². The topological polar surface area (TPSA) is 38.9 Å². The Hall–Kier alpha value is -1.05. The minimum atomic E-state index is 0.608. The molecule has 12 heavy (non-hydrogen) atoms. The largest absolute Gasteiger partial charge is 0.384 e. The van der Waals surface area contributed by atoms with E-state index >= 15 is 0 Å². The fraction of sp³-hybridized carbons (Fsp3) is 0.400. The summed E-state index contributed by atoms with van der Waals surface area (Å²) in [4.78, 5) is 4.27.